The molecule has 0 bridgehead atoms. The van der Waals surface area contributed by atoms with Crippen molar-refractivity contribution >= 4 is 17.3 Å². The summed E-state index contributed by atoms with van der Waals surface area (Å²) in [6.07, 6.45) is 0. The lowest BCUT2D eigenvalue weighted by Crippen LogP contribution is -2.22. The Morgan fingerprint density at radius 2 is 2.10 bits per heavy atom. The molecule has 0 atom stereocenters. The van der Waals surface area contributed by atoms with E-state index in [9.17, 15) is 10.1 Å². The van der Waals surface area contributed by atoms with Crippen LogP contribution in [0.4, 0.5) is 0 Å². The Balaban J connectivity index is 4.35. The van der Waals surface area contributed by atoms with Gasteiger partial charge >= 0.3 is 0 Å². The number of hydrogen-bond acceptors (Lipinski definition) is 2. The van der Waals surface area contributed by atoms with Crippen LogP contribution in [0.2, 0.25) is 0 Å². The van der Waals surface area contributed by atoms with Gasteiger partial charge in [-0.25, -0.2) is 10.1 Å². The Bertz CT molecular complexity index is 171. The second-order valence-corrected chi connectivity index (χ2v) is 3.34. The minimum atomic E-state index is -0.751. The van der Waals surface area contributed by atoms with E-state index in [-0.39, 0.29) is 0 Å². The third-order valence-corrected chi connectivity index (χ3v) is 1.37. The highest BCUT2D eigenvalue weighted by Crippen LogP contribution is 2.14. The van der Waals surface area contributed by atoms with Gasteiger partial charge < -0.3 is 0 Å². The van der Waals surface area contributed by atoms with E-state index in [1.54, 1.807) is 13.8 Å². The fourth-order valence-corrected chi connectivity index (χ4v) is 0.279. The third-order valence-electron chi connectivity index (χ3n) is 1.09. The van der Waals surface area contributed by atoms with Crippen molar-refractivity contribution in [1.29, 1.82) is 0 Å². The predicted molar refractivity (Wildman–Crippen MR) is 40.0 cm³/mol. The van der Waals surface area contributed by atoms with Gasteiger partial charge in [0.25, 0.3) is 0 Å². The molecule has 0 aromatic rings. The second-order valence-electron chi connectivity index (χ2n) is 2.40. The molecular formula is C5H9ClN2O2. The highest BCUT2D eigenvalue weighted by atomic mass is 35.5. The van der Waals surface area contributed by atoms with Gasteiger partial charge in [0.05, 0.1) is 9.98 Å². The smallest absolute Gasteiger partial charge is 0.190 e. The highest BCUT2D eigenvalue weighted by molar-refractivity contribution is 6.35. The topological polar surface area (TPSA) is 55.5 Å². The zero-order valence-electron chi connectivity index (χ0n) is 6.09. The third kappa shape index (κ3) is 3.40. The van der Waals surface area contributed by atoms with Gasteiger partial charge in [-0.15, -0.1) is 11.6 Å². The Morgan fingerprint density at radius 3 is 2.20 bits per heavy atom. The van der Waals surface area contributed by atoms with E-state index in [1.807, 2.05) is 0 Å². The van der Waals surface area contributed by atoms with Gasteiger partial charge in [-0.1, -0.05) is 0 Å². The summed E-state index contributed by atoms with van der Waals surface area (Å²) in [5, 5.41) is 12.1. The number of alkyl halides is 1. The van der Waals surface area contributed by atoms with Gasteiger partial charge in [-0.3, -0.25) is 0 Å². The molecule has 0 aromatic heterocycles. The standard InChI is InChI=1S/C5H9ClN2O2/c1-4(5(2,3)6)7-8(9)10/h1-3H3. The highest BCUT2D eigenvalue weighted by Gasteiger charge is 2.20. The fourth-order valence-electron chi connectivity index (χ4n) is 0.241. The predicted octanol–water partition coefficient (Wildman–Crippen LogP) is 1.66. The number of halogens is 1. The van der Waals surface area contributed by atoms with E-state index in [4.69, 9.17) is 11.6 Å². The first-order chi connectivity index (χ1) is 4.34. The molecule has 5 heteroatoms. The second kappa shape index (κ2) is 2.96. The van der Waals surface area contributed by atoms with Gasteiger partial charge in [-0.2, -0.15) is 0 Å². The Morgan fingerprint density at radius 1 is 1.70 bits per heavy atom. The molecule has 0 fully saturated rings. The van der Waals surface area contributed by atoms with Crippen LogP contribution in [0.1, 0.15) is 20.8 Å². The normalized spacial score (nSPS) is 13.4. The van der Waals surface area contributed by atoms with Crippen LogP contribution in [-0.4, -0.2) is 15.6 Å². The van der Waals surface area contributed by atoms with Crippen molar-refractivity contribution in [3.05, 3.63) is 10.1 Å². The van der Waals surface area contributed by atoms with Crippen LogP contribution in [-0.2, 0) is 0 Å². The lowest BCUT2D eigenvalue weighted by Gasteiger charge is -2.10. The molecule has 0 saturated heterocycles. The van der Waals surface area contributed by atoms with E-state index in [0.717, 1.165) is 0 Å². The summed E-state index contributed by atoms with van der Waals surface area (Å²) in [5.74, 6) is 0. The molecule has 0 aliphatic carbocycles. The lowest BCUT2D eigenvalue weighted by molar-refractivity contribution is -0.485. The minimum Gasteiger partial charge on any atom is -0.233 e. The van der Waals surface area contributed by atoms with Gasteiger partial charge in [0.1, 0.15) is 5.71 Å². The van der Waals surface area contributed by atoms with Gasteiger partial charge in [0, 0.05) is 0 Å². The van der Waals surface area contributed by atoms with Gasteiger partial charge in [0.15, 0.2) is 5.03 Å². The van der Waals surface area contributed by atoms with E-state index in [0.29, 0.717) is 5.71 Å². The largest absolute Gasteiger partial charge is 0.233 e. The molecule has 0 spiro atoms. The zero-order valence-corrected chi connectivity index (χ0v) is 6.84. The van der Waals surface area contributed by atoms with Crippen LogP contribution >= 0.6 is 11.6 Å². The molecule has 0 amide bonds. The first-order valence-electron chi connectivity index (χ1n) is 2.73. The summed E-state index contributed by atoms with van der Waals surface area (Å²) in [6.45, 7) is 4.82. The summed E-state index contributed by atoms with van der Waals surface area (Å²) in [7, 11) is 0. The molecule has 0 saturated carbocycles. The van der Waals surface area contributed by atoms with Gasteiger partial charge in [-0.05, 0) is 20.8 Å². The van der Waals surface area contributed by atoms with Crippen molar-refractivity contribution in [2.24, 2.45) is 5.10 Å². The first-order valence-corrected chi connectivity index (χ1v) is 3.11. The lowest BCUT2D eigenvalue weighted by atomic mass is 10.1. The van der Waals surface area contributed by atoms with Crippen molar-refractivity contribution in [3.8, 4) is 0 Å². The molecule has 10 heavy (non-hydrogen) atoms. The number of hydrogen-bond donors (Lipinski definition) is 0. The molecule has 0 aliphatic rings. The minimum absolute atomic E-state index is 0.305. The monoisotopic (exact) mass is 164 g/mol. The fraction of sp³-hybridized carbons (Fsp3) is 0.800. The molecule has 0 heterocycles. The van der Waals surface area contributed by atoms with E-state index in [2.05, 4.69) is 5.10 Å². The molecule has 0 N–H and O–H groups in total. The maximum Gasteiger partial charge on any atom is 0.190 e. The van der Waals surface area contributed by atoms with Crippen LogP contribution in [0.5, 0.6) is 0 Å². The summed E-state index contributed by atoms with van der Waals surface area (Å²) < 4.78 is 0. The van der Waals surface area contributed by atoms with Crippen LogP contribution in [0.25, 0.3) is 0 Å². The molecule has 0 aromatic carbocycles. The number of nitrogens with zero attached hydrogens (tertiary/aromatic N) is 2. The van der Waals surface area contributed by atoms with Crippen molar-refractivity contribution in [3.63, 3.8) is 0 Å². The summed E-state index contributed by atoms with van der Waals surface area (Å²) in [4.78, 5) is 9.09. The molecule has 0 aliphatic heterocycles. The van der Waals surface area contributed by atoms with Crippen molar-refractivity contribution in [2.75, 3.05) is 0 Å². The Hall–Kier alpha value is -0.640. The van der Waals surface area contributed by atoms with Crippen molar-refractivity contribution < 1.29 is 5.03 Å². The molecular weight excluding hydrogens is 156 g/mol. The van der Waals surface area contributed by atoms with E-state index >= 15 is 0 Å². The van der Waals surface area contributed by atoms with E-state index < -0.39 is 9.91 Å². The van der Waals surface area contributed by atoms with Crippen LogP contribution in [0.15, 0.2) is 5.10 Å². The van der Waals surface area contributed by atoms with Gasteiger partial charge in [0.2, 0.25) is 0 Å². The van der Waals surface area contributed by atoms with E-state index in [1.165, 1.54) is 6.92 Å². The quantitative estimate of drug-likeness (QED) is 0.270. The maximum absolute atomic E-state index is 9.82. The summed E-state index contributed by atoms with van der Waals surface area (Å²) in [5.41, 5.74) is 0.305. The molecule has 4 nitrogen and oxygen atoms in total. The average Bonchev–Trinajstić information content (AvgIpc) is 1.60. The van der Waals surface area contributed by atoms with Crippen LogP contribution in [0, 0.1) is 10.1 Å². The molecule has 0 rings (SSSR count). The number of rotatable bonds is 2. The maximum atomic E-state index is 9.82. The Kier molecular flexibility index (Phi) is 2.77. The summed E-state index contributed by atoms with van der Waals surface area (Å²) in [6, 6.07) is 0. The average molecular weight is 165 g/mol. The number of hydrazone groups is 1. The Labute approximate surface area is 64.0 Å². The zero-order chi connectivity index (χ0) is 8.36. The molecule has 0 radical (unpaired) electrons. The van der Waals surface area contributed by atoms with Crippen LogP contribution in [0.3, 0.4) is 0 Å². The van der Waals surface area contributed by atoms with Crippen LogP contribution < -0.4 is 0 Å². The SMILES string of the molecule is CC(=N[N+](=O)[O-])C(C)(C)Cl. The number of nitro groups is 1. The molecule has 0 unspecified atom stereocenters. The van der Waals surface area contributed by atoms with Crippen molar-refractivity contribution in [1.82, 2.24) is 0 Å². The van der Waals surface area contributed by atoms with Crippen molar-refractivity contribution in [2.45, 2.75) is 25.6 Å². The summed E-state index contributed by atoms with van der Waals surface area (Å²) >= 11 is 5.69. The molecule has 58 valence electrons. The first kappa shape index (κ1) is 9.36.